The van der Waals surface area contributed by atoms with Crippen molar-refractivity contribution in [1.29, 1.82) is 0 Å². The van der Waals surface area contributed by atoms with Gasteiger partial charge >= 0.3 is 0 Å². The molecule has 0 bridgehead atoms. The first-order chi connectivity index (χ1) is 7.66. The van der Waals surface area contributed by atoms with Crippen LogP contribution in [0.2, 0.25) is 0 Å². The maximum Gasteiger partial charge on any atom is 0.0803 e. The van der Waals surface area contributed by atoms with Gasteiger partial charge in [0.1, 0.15) is 0 Å². The van der Waals surface area contributed by atoms with Crippen LogP contribution in [-0.4, -0.2) is 5.11 Å². The van der Waals surface area contributed by atoms with Gasteiger partial charge in [-0.1, -0.05) is 0 Å². The van der Waals surface area contributed by atoms with E-state index in [9.17, 15) is 5.11 Å². The predicted octanol–water partition coefficient (Wildman–Crippen LogP) is 4.09. The van der Waals surface area contributed by atoms with Gasteiger partial charge < -0.3 is 5.11 Å². The van der Waals surface area contributed by atoms with Crippen molar-refractivity contribution in [3.8, 4) is 0 Å². The molecule has 16 heavy (non-hydrogen) atoms. The van der Waals surface area contributed by atoms with Crippen LogP contribution in [0.5, 0.6) is 0 Å². The summed E-state index contributed by atoms with van der Waals surface area (Å²) in [6.07, 6.45) is 1.46. The number of hydrogen-bond donors (Lipinski definition) is 1. The highest BCUT2D eigenvalue weighted by molar-refractivity contribution is 7.12. The molecule has 0 radical (unpaired) electrons. The highest BCUT2D eigenvalue weighted by Crippen LogP contribution is 2.29. The second-order valence-electron chi connectivity index (χ2n) is 4.05. The number of aliphatic hydroxyl groups is 1. The molecule has 0 saturated heterocycles. The monoisotopic (exact) mass is 252 g/mol. The molecular weight excluding hydrogens is 236 g/mol. The van der Waals surface area contributed by atoms with E-state index in [1.54, 1.807) is 22.7 Å². The zero-order chi connectivity index (χ0) is 11.5. The fourth-order valence-corrected chi connectivity index (χ4v) is 3.56. The van der Waals surface area contributed by atoms with E-state index in [-0.39, 0.29) is 6.10 Å². The van der Waals surface area contributed by atoms with E-state index in [1.807, 2.05) is 0 Å². The van der Waals surface area contributed by atoms with E-state index in [0.717, 1.165) is 18.4 Å². The number of hydrogen-bond acceptors (Lipinski definition) is 3. The molecule has 0 fully saturated rings. The molecule has 1 N–H and O–H groups in total. The number of aryl methyl sites for hydroxylation is 3. The standard InChI is InChI=1S/C13H16OS2/c1-9-7-12(10(2)16-9)13(14)4-3-11-5-6-15-8-11/h5-8,13-14H,3-4H2,1-2H3. The predicted molar refractivity (Wildman–Crippen MR) is 71.4 cm³/mol. The minimum absolute atomic E-state index is 0.315. The van der Waals surface area contributed by atoms with Crippen molar-refractivity contribution in [3.05, 3.63) is 43.8 Å². The number of aliphatic hydroxyl groups excluding tert-OH is 1. The summed E-state index contributed by atoms with van der Waals surface area (Å²) in [4.78, 5) is 2.53. The van der Waals surface area contributed by atoms with Crippen LogP contribution in [0.25, 0.3) is 0 Å². The molecule has 1 nitrogen and oxygen atoms in total. The molecule has 1 atom stereocenters. The summed E-state index contributed by atoms with van der Waals surface area (Å²) in [5.74, 6) is 0. The fourth-order valence-electron chi connectivity index (χ4n) is 1.88. The zero-order valence-electron chi connectivity index (χ0n) is 9.56. The lowest BCUT2D eigenvalue weighted by Crippen LogP contribution is -1.99. The Morgan fingerprint density at radius 2 is 2.19 bits per heavy atom. The maximum atomic E-state index is 10.1. The van der Waals surface area contributed by atoms with Gasteiger partial charge in [-0.25, -0.2) is 0 Å². The zero-order valence-corrected chi connectivity index (χ0v) is 11.2. The van der Waals surface area contributed by atoms with Crippen molar-refractivity contribution in [2.75, 3.05) is 0 Å². The molecule has 0 aliphatic heterocycles. The third-order valence-corrected chi connectivity index (χ3v) is 4.44. The lowest BCUT2D eigenvalue weighted by atomic mass is 10.0. The second kappa shape index (κ2) is 5.13. The van der Waals surface area contributed by atoms with Gasteiger partial charge in [-0.15, -0.1) is 11.3 Å². The summed E-state index contributed by atoms with van der Waals surface area (Å²) < 4.78 is 0. The van der Waals surface area contributed by atoms with Crippen LogP contribution in [-0.2, 0) is 6.42 Å². The molecule has 0 spiro atoms. The Morgan fingerprint density at radius 1 is 1.38 bits per heavy atom. The van der Waals surface area contributed by atoms with Gasteiger partial charge in [0.2, 0.25) is 0 Å². The second-order valence-corrected chi connectivity index (χ2v) is 6.30. The maximum absolute atomic E-state index is 10.1. The molecule has 0 aromatic carbocycles. The SMILES string of the molecule is Cc1cc(C(O)CCc2ccsc2)c(C)s1. The van der Waals surface area contributed by atoms with Crippen molar-refractivity contribution < 1.29 is 5.11 Å². The van der Waals surface area contributed by atoms with E-state index in [1.165, 1.54) is 15.3 Å². The van der Waals surface area contributed by atoms with Crippen LogP contribution < -0.4 is 0 Å². The molecule has 3 heteroatoms. The van der Waals surface area contributed by atoms with Gasteiger partial charge in [0.25, 0.3) is 0 Å². The molecule has 2 rings (SSSR count). The van der Waals surface area contributed by atoms with Crippen molar-refractivity contribution in [2.45, 2.75) is 32.8 Å². The molecule has 0 aliphatic rings. The van der Waals surface area contributed by atoms with E-state index >= 15 is 0 Å². The molecule has 0 saturated carbocycles. The molecule has 2 aromatic heterocycles. The first-order valence-electron chi connectivity index (χ1n) is 5.43. The first kappa shape index (κ1) is 11.8. The van der Waals surface area contributed by atoms with Crippen LogP contribution in [0.3, 0.4) is 0 Å². The quantitative estimate of drug-likeness (QED) is 0.869. The first-order valence-corrected chi connectivity index (χ1v) is 7.19. The third-order valence-electron chi connectivity index (χ3n) is 2.72. The summed E-state index contributed by atoms with van der Waals surface area (Å²) in [5.41, 5.74) is 2.44. The topological polar surface area (TPSA) is 20.2 Å². The largest absolute Gasteiger partial charge is 0.388 e. The summed E-state index contributed by atoms with van der Waals surface area (Å²) in [6, 6.07) is 4.24. The van der Waals surface area contributed by atoms with Crippen LogP contribution in [0.1, 0.15) is 33.4 Å². The molecule has 2 aromatic rings. The highest BCUT2D eigenvalue weighted by atomic mass is 32.1. The van der Waals surface area contributed by atoms with Gasteiger partial charge in [0.05, 0.1) is 6.10 Å². The van der Waals surface area contributed by atoms with Crippen molar-refractivity contribution in [1.82, 2.24) is 0 Å². The molecule has 2 heterocycles. The van der Waals surface area contributed by atoms with Crippen molar-refractivity contribution in [3.63, 3.8) is 0 Å². The van der Waals surface area contributed by atoms with E-state index in [2.05, 4.69) is 36.7 Å². The van der Waals surface area contributed by atoms with Crippen LogP contribution in [0, 0.1) is 13.8 Å². The van der Waals surface area contributed by atoms with Crippen LogP contribution in [0.15, 0.2) is 22.9 Å². The molecule has 86 valence electrons. The summed E-state index contributed by atoms with van der Waals surface area (Å²) in [7, 11) is 0. The van der Waals surface area contributed by atoms with Gasteiger partial charge in [-0.3, -0.25) is 0 Å². The normalized spacial score (nSPS) is 12.9. The van der Waals surface area contributed by atoms with Gasteiger partial charge in [0.15, 0.2) is 0 Å². The summed E-state index contributed by atoms with van der Waals surface area (Å²) in [6.45, 7) is 4.17. The van der Waals surface area contributed by atoms with Gasteiger partial charge in [-0.05, 0) is 60.7 Å². The van der Waals surface area contributed by atoms with Gasteiger partial charge in [-0.2, -0.15) is 11.3 Å². The van der Waals surface area contributed by atoms with Crippen LogP contribution >= 0.6 is 22.7 Å². The van der Waals surface area contributed by atoms with Crippen molar-refractivity contribution >= 4 is 22.7 Å². The Labute approximate surface area is 104 Å². The van der Waals surface area contributed by atoms with E-state index < -0.39 is 0 Å². The molecule has 0 aliphatic carbocycles. The lowest BCUT2D eigenvalue weighted by Gasteiger charge is -2.09. The highest BCUT2D eigenvalue weighted by Gasteiger charge is 2.12. The average Bonchev–Trinajstić information content (AvgIpc) is 2.84. The van der Waals surface area contributed by atoms with Crippen LogP contribution in [0.4, 0.5) is 0 Å². The summed E-state index contributed by atoms with van der Waals surface area (Å²) >= 11 is 3.48. The van der Waals surface area contributed by atoms with Crippen molar-refractivity contribution in [2.24, 2.45) is 0 Å². The molecule has 1 unspecified atom stereocenters. The number of rotatable bonds is 4. The number of thiophene rings is 2. The summed E-state index contributed by atoms with van der Waals surface area (Å²) in [5, 5.41) is 14.4. The molecular formula is C13H16OS2. The Hall–Kier alpha value is -0.640. The smallest absolute Gasteiger partial charge is 0.0803 e. The Balaban J connectivity index is 1.98. The fraction of sp³-hybridized carbons (Fsp3) is 0.385. The minimum Gasteiger partial charge on any atom is -0.388 e. The minimum atomic E-state index is -0.315. The average molecular weight is 252 g/mol. The van der Waals surface area contributed by atoms with E-state index in [4.69, 9.17) is 0 Å². The Bertz CT molecular complexity index is 442. The van der Waals surface area contributed by atoms with Gasteiger partial charge in [0, 0.05) is 9.75 Å². The third kappa shape index (κ3) is 2.73. The lowest BCUT2D eigenvalue weighted by molar-refractivity contribution is 0.167. The molecule has 0 amide bonds. The Morgan fingerprint density at radius 3 is 2.75 bits per heavy atom. The van der Waals surface area contributed by atoms with E-state index in [0.29, 0.717) is 0 Å². The Kier molecular flexibility index (Phi) is 3.79.